The highest BCUT2D eigenvalue weighted by Crippen LogP contribution is 2.32. The van der Waals surface area contributed by atoms with Gasteiger partial charge >= 0.3 is 0 Å². The van der Waals surface area contributed by atoms with Crippen LogP contribution in [-0.4, -0.2) is 27.9 Å². The second-order valence-electron chi connectivity index (χ2n) is 7.41. The van der Waals surface area contributed by atoms with Gasteiger partial charge in [-0.25, -0.2) is 4.98 Å². The standard InChI is InChI=1S/C22H24N4O3S/c1-2-23-20(28)14-7-6-8-15(11-14)25-18(27)12-26-13-24-21-19(22(26)29)16-9-4-3-5-10-17(16)30-21/h6-8,11,13H,2-5,9-10,12H2,1H3,(H,23,28)(H,25,27). The van der Waals surface area contributed by atoms with Gasteiger partial charge in [-0.05, 0) is 56.4 Å². The Morgan fingerprint density at radius 2 is 2.03 bits per heavy atom. The van der Waals surface area contributed by atoms with Gasteiger partial charge in [0.05, 0.1) is 11.7 Å². The number of fused-ring (bicyclic) bond motifs is 3. The number of hydrogen-bond acceptors (Lipinski definition) is 5. The minimum atomic E-state index is -0.340. The van der Waals surface area contributed by atoms with Crippen molar-refractivity contribution in [2.75, 3.05) is 11.9 Å². The van der Waals surface area contributed by atoms with Crippen LogP contribution in [0.3, 0.4) is 0 Å². The molecule has 7 nitrogen and oxygen atoms in total. The zero-order chi connectivity index (χ0) is 21.1. The Balaban J connectivity index is 1.54. The van der Waals surface area contributed by atoms with Crippen molar-refractivity contribution in [1.29, 1.82) is 0 Å². The third-order valence-electron chi connectivity index (χ3n) is 5.25. The van der Waals surface area contributed by atoms with Crippen molar-refractivity contribution in [2.45, 2.75) is 45.6 Å². The van der Waals surface area contributed by atoms with Crippen molar-refractivity contribution >= 4 is 39.1 Å². The number of anilines is 1. The zero-order valence-corrected chi connectivity index (χ0v) is 17.7. The molecule has 1 aliphatic carbocycles. The summed E-state index contributed by atoms with van der Waals surface area (Å²) in [6, 6.07) is 6.72. The summed E-state index contributed by atoms with van der Waals surface area (Å²) in [5, 5.41) is 6.17. The highest BCUT2D eigenvalue weighted by molar-refractivity contribution is 7.18. The van der Waals surface area contributed by atoms with Crippen LogP contribution >= 0.6 is 11.3 Å². The average molecular weight is 425 g/mol. The molecule has 30 heavy (non-hydrogen) atoms. The fraction of sp³-hybridized carbons (Fsp3) is 0.364. The number of carbonyl (C=O) groups excluding carboxylic acids is 2. The molecule has 4 rings (SSSR count). The highest BCUT2D eigenvalue weighted by atomic mass is 32.1. The van der Waals surface area contributed by atoms with Crippen LogP contribution in [0, 0.1) is 0 Å². The summed E-state index contributed by atoms with van der Waals surface area (Å²) in [5.74, 6) is -0.537. The fourth-order valence-electron chi connectivity index (χ4n) is 3.83. The third kappa shape index (κ3) is 4.14. The Labute approximate surface area is 178 Å². The van der Waals surface area contributed by atoms with Gasteiger partial charge in [0.25, 0.3) is 11.5 Å². The molecule has 0 radical (unpaired) electrons. The lowest BCUT2D eigenvalue weighted by molar-refractivity contribution is -0.116. The number of carbonyl (C=O) groups is 2. The van der Waals surface area contributed by atoms with E-state index < -0.39 is 0 Å². The molecule has 0 unspecified atom stereocenters. The van der Waals surface area contributed by atoms with E-state index in [4.69, 9.17) is 0 Å². The summed E-state index contributed by atoms with van der Waals surface area (Å²) in [6.07, 6.45) is 6.75. The van der Waals surface area contributed by atoms with Gasteiger partial charge < -0.3 is 10.6 Å². The molecule has 0 bridgehead atoms. The van der Waals surface area contributed by atoms with Crippen LogP contribution < -0.4 is 16.2 Å². The molecule has 1 aliphatic rings. The summed E-state index contributed by atoms with van der Waals surface area (Å²) in [5.41, 5.74) is 1.94. The number of rotatable bonds is 5. The van der Waals surface area contributed by atoms with E-state index in [1.807, 2.05) is 6.92 Å². The molecule has 0 spiro atoms. The lowest BCUT2D eigenvalue weighted by Gasteiger charge is -2.09. The third-order valence-corrected chi connectivity index (χ3v) is 6.45. The minimum absolute atomic E-state index is 0.127. The monoisotopic (exact) mass is 424 g/mol. The van der Waals surface area contributed by atoms with Crippen LogP contribution in [0.4, 0.5) is 5.69 Å². The number of amides is 2. The van der Waals surface area contributed by atoms with Crippen LogP contribution in [-0.2, 0) is 24.2 Å². The molecule has 0 atom stereocenters. The van der Waals surface area contributed by atoms with Gasteiger partial charge in [-0.2, -0.15) is 0 Å². The molecular weight excluding hydrogens is 400 g/mol. The Hall–Kier alpha value is -3.00. The van der Waals surface area contributed by atoms with Crippen LogP contribution in [0.15, 0.2) is 35.4 Å². The van der Waals surface area contributed by atoms with Crippen LogP contribution in [0.1, 0.15) is 47.0 Å². The predicted molar refractivity (Wildman–Crippen MR) is 118 cm³/mol. The molecular formula is C22H24N4O3S. The van der Waals surface area contributed by atoms with Gasteiger partial charge in [0.1, 0.15) is 11.4 Å². The fourth-order valence-corrected chi connectivity index (χ4v) is 5.05. The number of aromatic nitrogens is 2. The summed E-state index contributed by atoms with van der Waals surface area (Å²) in [7, 11) is 0. The van der Waals surface area contributed by atoms with Crippen molar-refractivity contribution in [3.63, 3.8) is 0 Å². The van der Waals surface area contributed by atoms with Gasteiger partial charge in [-0.1, -0.05) is 12.5 Å². The summed E-state index contributed by atoms with van der Waals surface area (Å²) < 4.78 is 1.36. The van der Waals surface area contributed by atoms with Crippen LogP contribution in [0.25, 0.3) is 10.2 Å². The first-order valence-electron chi connectivity index (χ1n) is 10.2. The van der Waals surface area contributed by atoms with Gasteiger partial charge in [0, 0.05) is 22.7 Å². The Bertz CT molecular complexity index is 1160. The first kappa shape index (κ1) is 20.3. The van der Waals surface area contributed by atoms with Crippen molar-refractivity contribution in [2.24, 2.45) is 0 Å². The van der Waals surface area contributed by atoms with E-state index in [0.29, 0.717) is 23.2 Å². The van der Waals surface area contributed by atoms with Crippen molar-refractivity contribution in [3.05, 3.63) is 57.0 Å². The molecule has 2 amide bonds. The van der Waals surface area contributed by atoms with Gasteiger partial charge in [0.2, 0.25) is 5.91 Å². The minimum Gasteiger partial charge on any atom is -0.352 e. The smallest absolute Gasteiger partial charge is 0.262 e. The normalized spacial score (nSPS) is 13.5. The van der Waals surface area contributed by atoms with Crippen molar-refractivity contribution in [3.8, 4) is 0 Å². The van der Waals surface area contributed by atoms with E-state index >= 15 is 0 Å². The van der Waals surface area contributed by atoms with Crippen LogP contribution in [0.2, 0.25) is 0 Å². The second-order valence-corrected chi connectivity index (χ2v) is 8.49. The molecule has 0 saturated carbocycles. The Morgan fingerprint density at radius 1 is 1.20 bits per heavy atom. The average Bonchev–Trinajstić information content (AvgIpc) is 2.92. The van der Waals surface area contributed by atoms with E-state index in [0.717, 1.165) is 36.1 Å². The van der Waals surface area contributed by atoms with E-state index in [2.05, 4.69) is 15.6 Å². The Kier molecular flexibility index (Phi) is 5.94. The topological polar surface area (TPSA) is 93.1 Å². The zero-order valence-electron chi connectivity index (χ0n) is 16.9. The summed E-state index contributed by atoms with van der Waals surface area (Å²) in [4.78, 5) is 44.1. The molecule has 2 N–H and O–H groups in total. The predicted octanol–water partition coefficient (Wildman–Crippen LogP) is 3.12. The number of nitrogens with one attached hydrogen (secondary N) is 2. The van der Waals surface area contributed by atoms with Crippen LogP contribution in [0.5, 0.6) is 0 Å². The number of benzene rings is 1. The number of nitrogens with zero attached hydrogens (tertiary/aromatic N) is 2. The lowest BCUT2D eigenvalue weighted by atomic mass is 10.1. The maximum absolute atomic E-state index is 13.1. The molecule has 1 aromatic carbocycles. The van der Waals surface area contributed by atoms with Crippen molar-refractivity contribution in [1.82, 2.24) is 14.9 Å². The SMILES string of the molecule is CCNC(=O)c1cccc(NC(=O)Cn2cnc3sc4c(c3c2=O)CCCCC4)c1. The molecule has 0 fully saturated rings. The maximum atomic E-state index is 13.1. The number of aryl methyl sites for hydroxylation is 2. The number of thiophene rings is 1. The molecule has 2 heterocycles. The maximum Gasteiger partial charge on any atom is 0.262 e. The van der Waals surface area contributed by atoms with Gasteiger partial charge in [-0.15, -0.1) is 11.3 Å². The first-order chi connectivity index (χ1) is 14.6. The molecule has 2 aromatic heterocycles. The van der Waals surface area contributed by atoms with Crippen molar-refractivity contribution < 1.29 is 9.59 Å². The lowest BCUT2D eigenvalue weighted by Crippen LogP contribution is -2.28. The second kappa shape index (κ2) is 8.79. The van der Waals surface area contributed by atoms with Gasteiger partial charge in [-0.3, -0.25) is 19.0 Å². The quantitative estimate of drug-likeness (QED) is 0.616. The first-order valence-corrected chi connectivity index (χ1v) is 11.1. The van der Waals surface area contributed by atoms with E-state index in [9.17, 15) is 14.4 Å². The van der Waals surface area contributed by atoms with E-state index in [1.165, 1.54) is 22.2 Å². The summed E-state index contributed by atoms with van der Waals surface area (Å²) >= 11 is 1.60. The molecule has 8 heteroatoms. The molecule has 0 aliphatic heterocycles. The Morgan fingerprint density at radius 3 is 2.87 bits per heavy atom. The highest BCUT2D eigenvalue weighted by Gasteiger charge is 2.19. The molecule has 3 aromatic rings. The van der Waals surface area contributed by atoms with E-state index in [-0.39, 0.29) is 23.9 Å². The van der Waals surface area contributed by atoms with Gasteiger partial charge in [0.15, 0.2) is 0 Å². The molecule has 156 valence electrons. The summed E-state index contributed by atoms with van der Waals surface area (Å²) in [6.45, 7) is 2.25. The number of hydrogen-bond donors (Lipinski definition) is 2. The molecule has 0 saturated heterocycles. The largest absolute Gasteiger partial charge is 0.352 e. The van der Waals surface area contributed by atoms with E-state index in [1.54, 1.807) is 35.6 Å².